The van der Waals surface area contributed by atoms with E-state index < -0.39 is 5.92 Å². The number of hydrogen-bond donors (Lipinski definition) is 1. The number of alkyl halides is 2. The smallest absolute Gasteiger partial charge is 0.275 e. The summed E-state index contributed by atoms with van der Waals surface area (Å²) in [6.07, 6.45) is 2.95. The highest BCUT2D eigenvalue weighted by molar-refractivity contribution is 5.97. The average Bonchev–Trinajstić information content (AvgIpc) is 3.58. The molecular weight excluding hydrogens is 452 g/mol. The summed E-state index contributed by atoms with van der Waals surface area (Å²) in [6, 6.07) is 2.04. The minimum absolute atomic E-state index is 0.0395. The first kappa shape index (κ1) is 25.0. The molecule has 194 valence electrons. The molecule has 1 aromatic rings. The number of piperazine rings is 1. The number of carbonyl (C=O) groups is 1. The van der Waals surface area contributed by atoms with Crippen LogP contribution < -0.4 is 10.2 Å². The molecular formula is C26H39F2N5O2. The third kappa shape index (κ3) is 5.53. The minimum atomic E-state index is -2.91. The predicted octanol–water partition coefficient (Wildman–Crippen LogP) is 2.59. The standard InChI is InChI=1S/C26H39F2N5O2/c1-18-14-32(21(13-29-18)15-31-6-8-35-9-7-31)16-23(34)33-17-25(2,3)24-22(33)10-20(12-30-24)26(27,28)11-19-4-5-19/h10,12,18-19,21,29H,4-9,11,13-17H2,1-3H3/t18-,21-/m1/s1. The number of carbonyl (C=O) groups excluding carboxylic acids is 1. The highest BCUT2D eigenvalue weighted by Gasteiger charge is 2.44. The molecule has 2 saturated heterocycles. The monoisotopic (exact) mass is 491 g/mol. The number of ether oxygens (including phenoxy) is 1. The lowest BCUT2D eigenvalue weighted by atomic mass is 9.91. The summed E-state index contributed by atoms with van der Waals surface area (Å²) in [5.74, 6) is -2.85. The summed E-state index contributed by atoms with van der Waals surface area (Å²) < 4.78 is 35.4. The van der Waals surface area contributed by atoms with Gasteiger partial charge in [0.15, 0.2) is 0 Å². The van der Waals surface area contributed by atoms with Crippen molar-refractivity contribution in [1.82, 2.24) is 20.1 Å². The van der Waals surface area contributed by atoms with E-state index in [1.54, 1.807) is 4.90 Å². The largest absolute Gasteiger partial charge is 0.379 e. The fourth-order valence-electron chi connectivity index (χ4n) is 5.71. The van der Waals surface area contributed by atoms with Gasteiger partial charge in [0.25, 0.3) is 5.92 Å². The Hall–Kier alpha value is -1.68. The zero-order chi connectivity index (χ0) is 24.8. The van der Waals surface area contributed by atoms with Crippen LogP contribution in [0.3, 0.4) is 0 Å². The van der Waals surface area contributed by atoms with Crippen LogP contribution in [0.1, 0.15) is 51.3 Å². The van der Waals surface area contributed by atoms with Crippen molar-refractivity contribution in [3.8, 4) is 0 Å². The van der Waals surface area contributed by atoms with Crippen molar-refractivity contribution in [3.63, 3.8) is 0 Å². The zero-order valence-electron chi connectivity index (χ0n) is 21.2. The van der Waals surface area contributed by atoms with Crippen LogP contribution in [0.2, 0.25) is 0 Å². The van der Waals surface area contributed by atoms with E-state index in [4.69, 9.17) is 4.74 Å². The fraction of sp³-hybridized carbons (Fsp3) is 0.769. The molecule has 0 radical (unpaired) electrons. The maximum atomic E-state index is 15.0. The highest BCUT2D eigenvalue weighted by Crippen LogP contribution is 2.46. The van der Waals surface area contributed by atoms with E-state index in [0.29, 0.717) is 18.3 Å². The van der Waals surface area contributed by atoms with Gasteiger partial charge >= 0.3 is 0 Å². The minimum Gasteiger partial charge on any atom is -0.379 e. The second-order valence-corrected chi connectivity index (χ2v) is 11.6. The molecule has 4 heterocycles. The number of anilines is 1. The van der Waals surface area contributed by atoms with Gasteiger partial charge in [0, 0.05) is 74.9 Å². The van der Waals surface area contributed by atoms with E-state index in [9.17, 15) is 13.6 Å². The molecule has 0 aromatic carbocycles. The van der Waals surface area contributed by atoms with Crippen LogP contribution in [0.5, 0.6) is 0 Å². The molecule has 1 aromatic heterocycles. The van der Waals surface area contributed by atoms with Crippen LogP contribution in [0, 0.1) is 5.92 Å². The summed E-state index contributed by atoms with van der Waals surface area (Å²) >= 11 is 0. The van der Waals surface area contributed by atoms with Crippen molar-refractivity contribution < 1.29 is 18.3 Å². The predicted molar refractivity (Wildman–Crippen MR) is 131 cm³/mol. The summed E-state index contributed by atoms with van der Waals surface area (Å²) in [6.45, 7) is 12.7. The topological polar surface area (TPSA) is 60.9 Å². The van der Waals surface area contributed by atoms with Crippen molar-refractivity contribution >= 4 is 11.6 Å². The summed E-state index contributed by atoms with van der Waals surface area (Å²) in [7, 11) is 0. The van der Waals surface area contributed by atoms with Crippen molar-refractivity contribution in [1.29, 1.82) is 0 Å². The summed E-state index contributed by atoms with van der Waals surface area (Å²) in [5, 5.41) is 3.55. The molecule has 3 fully saturated rings. The van der Waals surface area contributed by atoms with Crippen molar-refractivity contribution in [2.45, 2.75) is 63.5 Å². The molecule has 2 atom stereocenters. The number of halogens is 2. The first-order chi connectivity index (χ1) is 16.6. The molecule has 4 aliphatic rings. The number of morpholine rings is 1. The maximum absolute atomic E-state index is 15.0. The Balaban J connectivity index is 1.33. The number of nitrogens with one attached hydrogen (secondary N) is 1. The number of pyridine rings is 1. The second kappa shape index (κ2) is 9.65. The Labute approximate surface area is 207 Å². The lowest BCUT2D eigenvalue weighted by molar-refractivity contribution is -0.121. The van der Waals surface area contributed by atoms with E-state index in [1.807, 2.05) is 13.8 Å². The zero-order valence-corrected chi connectivity index (χ0v) is 21.2. The van der Waals surface area contributed by atoms with Crippen LogP contribution in [-0.2, 0) is 20.9 Å². The summed E-state index contributed by atoms with van der Waals surface area (Å²) in [4.78, 5) is 24.5. The molecule has 9 heteroatoms. The Morgan fingerprint density at radius 2 is 2.03 bits per heavy atom. The first-order valence-electron chi connectivity index (χ1n) is 13.1. The van der Waals surface area contributed by atoms with Gasteiger partial charge in [-0.15, -0.1) is 0 Å². The Morgan fingerprint density at radius 3 is 2.74 bits per heavy atom. The fourth-order valence-corrected chi connectivity index (χ4v) is 5.71. The lowest BCUT2D eigenvalue weighted by Crippen LogP contribution is -2.61. The van der Waals surface area contributed by atoms with Gasteiger partial charge in [-0.2, -0.15) is 0 Å². The van der Waals surface area contributed by atoms with Gasteiger partial charge in [0.1, 0.15) is 0 Å². The molecule has 5 rings (SSSR count). The maximum Gasteiger partial charge on any atom is 0.275 e. The Bertz CT molecular complexity index is 932. The number of aromatic nitrogens is 1. The molecule has 1 amide bonds. The number of amides is 1. The van der Waals surface area contributed by atoms with Gasteiger partial charge in [0.05, 0.1) is 31.1 Å². The van der Waals surface area contributed by atoms with Gasteiger partial charge in [-0.25, -0.2) is 8.78 Å². The van der Waals surface area contributed by atoms with E-state index in [1.165, 1.54) is 12.3 Å². The molecule has 35 heavy (non-hydrogen) atoms. The lowest BCUT2D eigenvalue weighted by Gasteiger charge is -2.42. The van der Waals surface area contributed by atoms with Gasteiger partial charge in [-0.3, -0.25) is 19.6 Å². The van der Waals surface area contributed by atoms with Gasteiger partial charge < -0.3 is 15.0 Å². The Kier molecular flexibility index (Phi) is 6.89. The quantitative estimate of drug-likeness (QED) is 0.633. The summed E-state index contributed by atoms with van der Waals surface area (Å²) in [5.41, 5.74) is 0.843. The van der Waals surface area contributed by atoms with Crippen LogP contribution in [-0.4, -0.2) is 91.8 Å². The first-order valence-corrected chi connectivity index (χ1v) is 13.1. The average molecular weight is 492 g/mol. The van der Waals surface area contributed by atoms with Gasteiger partial charge in [0.2, 0.25) is 5.91 Å². The van der Waals surface area contributed by atoms with E-state index in [0.717, 1.165) is 64.5 Å². The molecule has 0 unspecified atom stereocenters. The molecule has 0 spiro atoms. The Morgan fingerprint density at radius 1 is 1.29 bits per heavy atom. The third-order valence-electron chi connectivity index (χ3n) is 7.96. The van der Waals surface area contributed by atoms with Crippen LogP contribution in [0.15, 0.2) is 12.3 Å². The van der Waals surface area contributed by atoms with Gasteiger partial charge in [-0.05, 0) is 31.7 Å². The van der Waals surface area contributed by atoms with E-state index in [2.05, 4.69) is 27.0 Å². The molecule has 0 bridgehead atoms. The molecule has 7 nitrogen and oxygen atoms in total. The highest BCUT2D eigenvalue weighted by atomic mass is 19.3. The molecule has 3 aliphatic heterocycles. The van der Waals surface area contributed by atoms with Crippen LogP contribution >= 0.6 is 0 Å². The SMILES string of the molecule is C[C@@H]1CN(CC(=O)N2CC(C)(C)c3ncc(C(F)(F)CC4CC4)cc32)[C@@H](CN2CCOCC2)CN1. The number of fused-ring (bicyclic) bond motifs is 1. The van der Waals surface area contributed by atoms with Crippen molar-refractivity contribution in [2.24, 2.45) is 5.92 Å². The number of nitrogens with zero attached hydrogens (tertiary/aromatic N) is 4. The van der Waals surface area contributed by atoms with E-state index in [-0.39, 0.29) is 41.8 Å². The van der Waals surface area contributed by atoms with Crippen LogP contribution in [0.4, 0.5) is 14.5 Å². The van der Waals surface area contributed by atoms with Gasteiger partial charge in [-0.1, -0.05) is 13.8 Å². The number of rotatable bonds is 7. The molecule has 1 saturated carbocycles. The normalized spacial score (nSPS) is 27.7. The number of hydrogen-bond acceptors (Lipinski definition) is 6. The van der Waals surface area contributed by atoms with E-state index >= 15 is 0 Å². The van der Waals surface area contributed by atoms with Crippen molar-refractivity contribution in [2.75, 3.05) is 63.9 Å². The third-order valence-corrected chi connectivity index (χ3v) is 7.96. The molecule has 1 aliphatic carbocycles. The molecule has 1 N–H and O–H groups in total. The van der Waals surface area contributed by atoms with Crippen molar-refractivity contribution in [3.05, 3.63) is 23.5 Å². The second-order valence-electron chi connectivity index (χ2n) is 11.6. The van der Waals surface area contributed by atoms with Crippen LogP contribution in [0.25, 0.3) is 0 Å².